The van der Waals surface area contributed by atoms with Gasteiger partial charge in [-0.15, -0.1) is 0 Å². The SMILES string of the molecule is CC(CC(O)c1ccccc1)NS(=O)(=O)c1ccc(F)cc1. The van der Waals surface area contributed by atoms with Crippen molar-refractivity contribution in [2.75, 3.05) is 0 Å². The standard InChI is InChI=1S/C16H18FNO3S/c1-12(11-16(19)13-5-3-2-4-6-13)18-22(20,21)15-9-7-14(17)8-10-15/h2-10,12,16,18-19H,11H2,1H3. The molecule has 0 aliphatic heterocycles. The molecule has 0 saturated carbocycles. The van der Waals surface area contributed by atoms with Crippen LogP contribution < -0.4 is 4.72 Å². The van der Waals surface area contributed by atoms with Gasteiger partial charge in [-0.1, -0.05) is 30.3 Å². The molecule has 2 rings (SSSR count). The average molecular weight is 323 g/mol. The Labute approximate surface area is 129 Å². The zero-order valence-corrected chi connectivity index (χ0v) is 12.9. The largest absolute Gasteiger partial charge is 0.388 e. The third-order valence-electron chi connectivity index (χ3n) is 3.24. The number of benzene rings is 2. The van der Waals surface area contributed by atoms with Crippen molar-refractivity contribution in [1.82, 2.24) is 4.72 Å². The summed E-state index contributed by atoms with van der Waals surface area (Å²) in [6, 6.07) is 13.2. The molecule has 2 aromatic carbocycles. The zero-order chi connectivity index (χ0) is 16.2. The maximum absolute atomic E-state index is 12.8. The van der Waals surface area contributed by atoms with Gasteiger partial charge in [-0.05, 0) is 43.2 Å². The highest BCUT2D eigenvalue weighted by molar-refractivity contribution is 7.89. The first kappa shape index (κ1) is 16.6. The van der Waals surface area contributed by atoms with Crippen molar-refractivity contribution in [3.8, 4) is 0 Å². The summed E-state index contributed by atoms with van der Waals surface area (Å²) in [6.45, 7) is 1.67. The van der Waals surface area contributed by atoms with E-state index in [2.05, 4.69) is 4.72 Å². The third kappa shape index (κ3) is 4.37. The predicted molar refractivity (Wildman–Crippen MR) is 82.2 cm³/mol. The molecule has 0 aliphatic carbocycles. The van der Waals surface area contributed by atoms with E-state index in [9.17, 15) is 17.9 Å². The highest BCUT2D eigenvalue weighted by Gasteiger charge is 2.20. The van der Waals surface area contributed by atoms with E-state index in [1.54, 1.807) is 19.1 Å². The summed E-state index contributed by atoms with van der Waals surface area (Å²) in [6.07, 6.45) is -0.517. The Morgan fingerprint density at radius 3 is 2.27 bits per heavy atom. The van der Waals surface area contributed by atoms with Crippen molar-refractivity contribution < 1.29 is 17.9 Å². The van der Waals surface area contributed by atoms with E-state index in [1.165, 1.54) is 12.1 Å². The first-order valence-electron chi connectivity index (χ1n) is 6.89. The Hall–Kier alpha value is -1.76. The number of hydrogen-bond donors (Lipinski definition) is 2. The Morgan fingerprint density at radius 1 is 1.09 bits per heavy atom. The predicted octanol–water partition coefficient (Wildman–Crippen LogP) is 2.62. The van der Waals surface area contributed by atoms with Crippen LogP contribution in [0.3, 0.4) is 0 Å². The molecule has 2 aromatic rings. The molecule has 0 fully saturated rings. The Bertz CT molecular complexity index is 702. The Morgan fingerprint density at radius 2 is 1.68 bits per heavy atom. The molecule has 118 valence electrons. The molecule has 0 amide bonds. The highest BCUT2D eigenvalue weighted by atomic mass is 32.2. The Kier molecular flexibility index (Phi) is 5.28. The van der Waals surface area contributed by atoms with Gasteiger partial charge >= 0.3 is 0 Å². The van der Waals surface area contributed by atoms with Crippen LogP contribution >= 0.6 is 0 Å². The molecule has 2 atom stereocenters. The van der Waals surface area contributed by atoms with Gasteiger partial charge < -0.3 is 5.11 Å². The topological polar surface area (TPSA) is 66.4 Å². The van der Waals surface area contributed by atoms with Crippen LogP contribution in [0.5, 0.6) is 0 Å². The second kappa shape index (κ2) is 7.00. The van der Waals surface area contributed by atoms with Gasteiger partial charge in [0.2, 0.25) is 10.0 Å². The second-order valence-corrected chi connectivity index (χ2v) is 6.85. The molecule has 0 saturated heterocycles. The molecular weight excluding hydrogens is 305 g/mol. The fourth-order valence-corrected chi connectivity index (χ4v) is 3.40. The first-order chi connectivity index (χ1) is 10.4. The number of aliphatic hydroxyl groups is 1. The molecule has 4 nitrogen and oxygen atoms in total. The van der Waals surface area contributed by atoms with Crippen molar-refractivity contribution in [3.63, 3.8) is 0 Å². The molecule has 22 heavy (non-hydrogen) atoms. The number of halogens is 1. The quantitative estimate of drug-likeness (QED) is 0.859. The minimum absolute atomic E-state index is 0.00468. The van der Waals surface area contributed by atoms with Crippen LogP contribution in [0, 0.1) is 5.82 Å². The van der Waals surface area contributed by atoms with Gasteiger partial charge in [0, 0.05) is 6.04 Å². The van der Waals surface area contributed by atoms with Gasteiger partial charge in [-0.3, -0.25) is 0 Å². The maximum atomic E-state index is 12.8. The molecule has 0 aromatic heterocycles. The lowest BCUT2D eigenvalue weighted by Crippen LogP contribution is -2.33. The van der Waals surface area contributed by atoms with Gasteiger partial charge in [0.1, 0.15) is 5.82 Å². The van der Waals surface area contributed by atoms with E-state index < -0.39 is 28.0 Å². The maximum Gasteiger partial charge on any atom is 0.240 e. The fraction of sp³-hybridized carbons (Fsp3) is 0.250. The molecule has 0 radical (unpaired) electrons. The van der Waals surface area contributed by atoms with Crippen molar-refractivity contribution in [1.29, 1.82) is 0 Å². The number of hydrogen-bond acceptors (Lipinski definition) is 3. The van der Waals surface area contributed by atoms with Gasteiger partial charge in [0.05, 0.1) is 11.0 Å². The van der Waals surface area contributed by atoms with Crippen LogP contribution in [0.1, 0.15) is 25.0 Å². The van der Waals surface area contributed by atoms with Gasteiger partial charge in [0.15, 0.2) is 0 Å². The van der Waals surface area contributed by atoms with Crippen molar-refractivity contribution in [2.45, 2.75) is 30.4 Å². The lowest BCUT2D eigenvalue weighted by atomic mass is 10.0. The summed E-state index contributed by atoms with van der Waals surface area (Å²) < 4.78 is 39.6. The van der Waals surface area contributed by atoms with E-state index in [-0.39, 0.29) is 11.3 Å². The summed E-state index contributed by atoms with van der Waals surface area (Å²) in [5, 5.41) is 10.1. The molecule has 6 heteroatoms. The summed E-state index contributed by atoms with van der Waals surface area (Å²) in [4.78, 5) is -0.00468. The lowest BCUT2D eigenvalue weighted by Gasteiger charge is -2.18. The molecule has 2 unspecified atom stereocenters. The zero-order valence-electron chi connectivity index (χ0n) is 12.1. The number of rotatable bonds is 6. The molecule has 2 N–H and O–H groups in total. The minimum atomic E-state index is -3.73. The molecular formula is C16H18FNO3S. The number of nitrogens with one attached hydrogen (secondary N) is 1. The van der Waals surface area contributed by atoms with Crippen LogP contribution in [0.15, 0.2) is 59.5 Å². The van der Waals surface area contributed by atoms with E-state index in [1.807, 2.05) is 18.2 Å². The minimum Gasteiger partial charge on any atom is -0.388 e. The van der Waals surface area contributed by atoms with Gasteiger partial charge in [0.25, 0.3) is 0 Å². The Balaban J connectivity index is 2.02. The summed E-state index contributed by atoms with van der Waals surface area (Å²) in [7, 11) is -3.73. The monoisotopic (exact) mass is 323 g/mol. The average Bonchev–Trinajstić information content (AvgIpc) is 2.48. The van der Waals surface area contributed by atoms with Crippen LogP contribution in [-0.4, -0.2) is 19.6 Å². The van der Waals surface area contributed by atoms with Crippen molar-refractivity contribution in [2.24, 2.45) is 0 Å². The second-order valence-electron chi connectivity index (χ2n) is 5.14. The van der Waals surface area contributed by atoms with Crippen LogP contribution in [0.4, 0.5) is 4.39 Å². The van der Waals surface area contributed by atoms with E-state index in [0.29, 0.717) is 0 Å². The van der Waals surface area contributed by atoms with E-state index in [0.717, 1.165) is 17.7 Å². The molecule has 0 bridgehead atoms. The molecule has 0 aliphatic rings. The van der Waals surface area contributed by atoms with Crippen LogP contribution in [0.25, 0.3) is 0 Å². The van der Waals surface area contributed by atoms with E-state index >= 15 is 0 Å². The third-order valence-corrected chi connectivity index (χ3v) is 4.85. The summed E-state index contributed by atoms with van der Waals surface area (Å²) in [5.41, 5.74) is 0.732. The van der Waals surface area contributed by atoms with Gasteiger partial charge in [-0.2, -0.15) is 0 Å². The van der Waals surface area contributed by atoms with Crippen LogP contribution in [-0.2, 0) is 10.0 Å². The number of aliphatic hydroxyl groups excluding tert-OH is 1. The van der Waals surface area contributed by atoms with Gasteiger partial charge in [-0.25, -0.2) is 17.5 Å². The summed E-state index contributed by atoms with van der Waals surface area (Å²) in [5.74, 6) is -0.494. The fourth-order valence-electron chi connectivity index (χ4n) is 2.14. The smallest absolute Gasteiger partial charge is 0.240 e. The normalized spacial score (nSPS) is 14.5. The number of sulfonamides is 1. The lowest BCUT2D eigenvalue weighted by molar-refractivity contribution is 0.158. The van der Waals surface area contributed by atoms with E-state index in [4.69, 9.17) is 0 Å². The van der Waals surface area contributed by atoms with Crippen molar-refractivity contribution in [3.05, 3.63) is 66.0 Å². The van der Waals surface area contributed by atoms with Crippen molar-refractivity contribution >= 4 is 10.0 Å². The summed E-state index contributed by atoms with van der Waals surface area (Å²) >= 11 is 0. The molecule has 0 heterocycles. The highest BCUT2D eigenvalue weighted by Crippen LogP contribution is 2.19. The first-order valence-corrected chi connectivity index (χ1v) is 8.38. The molecule has 0 spiro atoms. The van der Waals surface area contributed by atoms with Crippen LogP contribution in [0.2, 0.25) is 0 Å².